The molecule has 2 rings (SSSR count). The zero-order valence-electron chi connectivity index (χ0n) is 8.94. The standard InChI is InChI=1S/C11H11NO3S/c1-13-7-3-4-8(10(5-7)14-2)9-6-15-11(16)12-9/h3-6H,1-2H3,(H,12,16). The predicted molar refractivity (Wildman–Crippen MR) is 62.4 cm³/mol. The number of methoxy groups -OCH3 is 2. The van der Waals surface area contributed by atoms with Crippen molar-refractivity contribution in [2.24, 2.45) is 0 Å². The Morgan fingerprint density at radius 3 is 2.62 bits per heavy atom. The molecule has 1 N–H and O–H groups in total. The molecule has 0 atom stereocenters. The first-order valence-electron chi connectivity index (χ1n) is 4.65. The van der Waals surface area contributed by atoms with Gasteiger partial charge in [-0.15, -0.1) is 0 Å². The second-order valence-electron chi connectivity index (χ2n) is 3.13. The van der Waals surface area contributed by atoms with E-state index < -0.39 is 0 Å². The van der Waals surface area contributed by atoms with Gasteiger partial charge in [0, 0.05) is 11.6 Å². The van der Waals surface area contributed by atoms with Crippen molar-refractivity contribution in [2.75, 3.05) is 14.2 Å². The van der Waals surface area contributed by atoms with Crippen LogP contribution in [0.5, 0.6) is 11.5 Å². The van der Waals surface area contributed by atoms with E-state index in [4.69, 9.17) is 26.1 Å². The quantitative estimate of drug-likeness (QED) is 0.833. The minimum absolute atomic E-state index is 0.341. The lowest BCUT2D eigenvalue weighted by Crippen LogP contribution is -1.90. The maximum Gasteiger partial charge on any atom is 0.266 e. The number of aromatic amines is 1. The molecule has 0 aliphatic carbocycles. The SMILES string of the molecule is COc1ccc(-c2coc(=S)[nH]2)c(OC)c1. The van der Waals surface area contributed by atoms with E-state index >= 15 is 0 Å². The van der Waals surface area contributed by atoms with Crippen LogP contribution in [0.3, 0.4) is 0 Å². The van der Waals surface area contributed by atoms with Crippen molar-refractivity contribution in [2.45, 2.75) is 0 Å². The number of aromatic nitrogens is 1. The smallest absolute Gasteiger partial charge is 0.266 e. The van der Waals surface area contributed by atoms with Crippen LogP contribution in [0.1, 0.15) is 0 Å². The number of rotatable bonds is 3. The molecule has 0 fully saturated rings. The second kappa shape index (κ2) is 4.40. The van der Waals surface area contributed by atoms with E-state index in [1.165, 1.54) is 0 Å². The molecule has 0 aliphatic rings. The van der Waals surface area contributed by atoms with Crippen LogP contribution < -0.4 is 9.47 Å². The van der Waals surface area contributed by atoms with E-state index in [-0.39, 0.29) is 0 Å². The van der Waals surface area contributed by atoms with Crippen molar-refractivity contribution in [1.29, 1.82) is 0 Å². The van der Waals surface area contributed by atoms with Gasteiger partial charge < -0.3 is 18.9 Å². The highest BCUT2D eigenvalue weighted by atomic mass is 32.1. The van der Waals surface area contributed by atoms with Crippen LogP contribution >= 0.6 is 12.2 Å². The molecule has 0 aliphatic heterocycles. The van der Waals surface area contributed by atoms with Gasteiger partial charge in [0.25, 0.3) is 4.84 Å². The predicted octanol–water partition coefficient (Wildman–Crippen LogP) is 3.02. The van der Waals surface area contributed by atoms with Crippen molar-refractivity contribution in [3.63, 3.8) is 0 Å². The van der Waals surface area contributed by atoms with Crippen molar-refractivity contribution in [3.8, 4) is 22.8 Å². The van der Waals surface area contributed by atoms with Gasteiger partial charge in [0.05, 0.1) is 19.9 Å². The Labute approximate surface area is 97.8 Å². The third-order valence-corrected chi connectivity index (χ3v) is 2.42. The Morgan fingerprint density at radius 1 is 1.25 bits per heavy atom. The highest BCUT2D eigenvalue weighted by molar-refractivity contribution is 7.71. The van der Waals surface area contributed by atoms with Crippen LogP contribution in [0, 0.1) is 4.84 Å². The van der Waals surface area contributed by atoms with Gasteiger partial charge >= 0.3 is 0 Å². The third kappa shape index (κ3) is 1.94. The third-order valence-electron chi connectivity index (χ3n) is 2.22. The van der Waals surface area contributed by atoms with Crippen molar-refractivity contribution < 1.29 is 13.9 Å². The molecule has 0 bridgehead atoms. The Morgan fingerprint density at radius 2 is 2.06 bits per heavy atom. The fraction of sp³-hybridized carbons (Fsp3) is 0.182. The summed E-state index contributed by atoms with van der Waals surface area (Å²) in [6, 6.07) is 5.54. The molecule has 0 spiro atoms. The highest BCUT2D eigenvalue weighted by Gasteiger charge is 2.09. The largest absolute Gasteiger partial charge is 0.497 e. The van der Waals surface area contributed by atoms with Gasteiger partial charge in [0.1, 0.15) is 17.8 Å². The molecular weight excluding hydrogens is 226 g/mol. The van der Waals surface area contributed by atoms with Crippen LogP contribution in [-0.4, -0.2) is 19.2 Å². The maximum absolute atomic E-state index is 5.28. The van der Waals surface area contributed by atoms with Gasteiger partial charge in [0.2, 0.25) is 0 Å². The molecule has 0 unspecified atom stereocenters. The maximum atomic E-state index is 5.28. The second-order valence-corrected chi connectivity index (χ2v) is 3.50. The molecule has 5 heteroatoms. The lowest BCUT2D eigenvalue weighted by atomic mass is 10.1. The van der Waals surface area contributed by atoms with Gasteiger partial charge in [-0.2, -0.15) is 0 Å². The molecule has 0 radical (unpaired) electrons. The van der Waals surface area contributed by atoms with Gasteiger partial charge in [-0.1, -0.05) is 0 Å². The normalized spacial score (nSPS) is 10.1. The lowest BCUT2D eigenvalue weighted by molar-refractivity contribution is 0.395. The number of nitrogens with one attached hydrogen (secondary N) is 1. The molecule has 0 saturated carbocycles. The van der Waals surface area contributed by atoms with Crippen LogP contribution in [-0.2, 0) is 0 Å². The molecule has 0 amide bonds. The van der Waals surface area contributed by atoms with Crippen molar-refractivity contribution in [1.82, 2.24) is 4.98 Å². The summed E-state index contributed by atoms with van der Waals surface area (Å²) >= 11 is 4.87. The summed E-state index contributed by atoms with van der Waals surface area (Å²) in [7, 11) is 3.22. The monoisotopic (exact) mass is 237 g/mol. The number of oxazole rings is 1. The topological polar surface area (TPSA) is 47.4 Å². The van der Waals surface area contributed by atoms with E-state index in [2.05, 4.69) is 4.98 Å². The average molecular weight is 237 g/mol. The molecular formula is C11H11NO3S. The average Bonchev–Trinajstić information content (AvgIpc) is 2.74. The number of H-pyrrole nitrogens is 1. The minimum atomic E-state index is 0.341. The molecule has 0 saturated heterocycles. The first kappa shape index (κ1) is 10.8. The molecule has 16 heavy (non-hydrogen) atoms. The summed E-state index contributed by atoms with van der Waals surface area (Å²) in [5.74, 6) is 1.44. The Bertz CT molecular complexity index is 544. The summed E-state index contributed by atoms with van der Waals surface area (Å²) in [6.45, 7) is 0. The summed E-state index contributed by atoms with van der Waals surface area (Å²) < 4.78 is 15.4. The number of hydrogen-bond donors (Lipinski definition) is 1. The number of hydrogen-bond acceptors (Lipinski definition) is 4. The first-order chi connectivity index (χ1) is 7.74. The van der Waals surface area contributed by atoms with E-state index in [0.29, 0.717) is 10.6 Å². The van der Waals surface area contributed by atoms with Crippen LogP contribution in [0.2, 0.25) is 0 Å². The summed E-state index contributed by atoms with van der Waals surface area (Å²) in [5.41, 5.74) is 1.66. The van der Waals surface area contributed by atoms with E-state index in [9.17, 15) is 0 Å². The van der Waals surface area contributed by atoms with Crippen molar-refractivity contribution in [3.05, 3.63) is 29.3 Å². The lowest BCUT2D eigenvalue weighted by Gasteiger charge is -2.08. The Hall–Kier alpha value is -1.75. The zero-order chi connectivity index (χ0) is 11.5. The van der Waals surface area contributed by atoms with E-state index in [1.54, 1.807) is 26.5 Å². The van der Waals surface area contributed by atoms with Gasteiger partial charge in [-0.25, -0.2) is 0 Å². The fourth-order valence-corrected chi connectivity index (χ4v) is 1.59. The Kier molecular flexibility index (Phi) is 2.96. The van der Waals surface area contributed by atoms with Gasteiger partial charge in [-0.05, 0) is 24.4 Å². The van der Waals surface area contributed by atoms with Crippen LogP contribution in [0.15, 0.2) is 28.9 Å². The minimum Gasteiger partial charge on any atom is -0.497 e. The van der Waals surface area contributed by atoms with Crippen LogP contribution in [0.25, 0.3) is 11.3 Å². The molecule has 2 aromatic rings. The number of ether oxygens (including phenoxy) is 2. The molecule has 4 nitrogen and oxygen atoms in total. The fourth-order valence-electron chi connectivity index (χ4n) is 1.43. The van der Waals surface area contributed by atoms with E-state index in [0.717, 1.165) is 17.0 Å². The highest BCUT2D eigenvalue weighted by Crippen LogP contribution is 2.32. The van der Waals surface area contributed by atoms with Crippen LogP contribution in [0.4, 0.5) is 0 Å². The number of benzene rings is 1. The summed E-state index contributed by atoms with van der Waals surface area (Å²) in [6.07, 6.45) is 1.56. The summed E-state index contributed by atoms with van der Waals surface area (Å²) in [5, 5.41) is 0. The Balaban J connectivity index is 2.52. The summed E-state index contributed by atoms with van der Waals surface area (Å²) in [4.78, 5) is 3.27. The van der Waals surface area contributed by atoms with Gasteiger partial charge in [0.15, 0.2) is 0 Å². The molecule has 1 aromatic heterocycles. The zero-order valence-corrected chi connectivity index (χ0v) is 9.76. The molecule has 84 valence electrons. The van der Waals surface area contributed by atoms with E-state index in [1.807, 2.05) is 12.1 Å². The molecule has 1 aromatic carbocycles. The van der Waals surface area contributed by atoms with Gasteiger partial charge in [-0.3, -0.25) is 0 Å². The first-order valence-corrected chi connectivity index (χ1v) is 5.05. The molecule has 1 heterocycles. The van der Waals surface area contributed by atoms with Crippen molar-refractivity contribution >= 4 is 12.2 Å².